The summed E-state index contributed by atoms with van der Waals surface area (Å²) in [6.07, 6.45) is 3.14. The van der Waals surface area contributed by atoms with Crippen LogP contribution in [0.4, 0.5) is 24.7 Å². The molecule has 4 heterocycles. The van der Waals surface area contributed by atoms with Crippen molar-refractivity contribution in [2.75, 3.05) is 23.5 Å². The average molecular weight is 619 g/mol. The number of rotatable bonds is 8. The summed E-state index contributed by atoms with van der Waals surface area (Å²) in [7, 11) is 1.56. The Morgan fingerprint density at radius 3 is 2.40 bits per heavy atom. The largest absolute Gasteiger partial charge is 0.480 e. The molecule has 0 N–H and O–H groups in total. The number of halogens is 3. The van der Waals surface area contributed by atoms with E-state index in [2.05, 4.69) is 24.8 Å². The highest BCUT2D eigenvalue weighted by atomic mass is 19.4. The van der Waals surface area contributed by atoms with E-state index in [1.165, 1.54) is 10.9 Å². The number of amides is 1. The Bertz CT molecular complexity index is 1780. The van der Waals surface area contributed by atoms with Crippen molar-refractivity contribution in [2.24, 2.45) is 0 Å². The third kappa shape index (κ3) is 4.88. The van der Waals surface area contributed by atoms with Gasteiger partial charge in [0, 0.05) is 36.8 Å². The molecule has 1 spiro atoms. The first-order valence-corrected chi connectivity index (χ1v) is 15.2. The minimum Gasteiger partial charge on any atom is -0.480 e. The number of carbonyl (C=O) groups excluding carboxylic acids is 1. The molecule has 2 saturated carbocycles. The van der Waals surface area contributed by atoms with Crippen LogP contribution < -0.4 is 14.5 Å². The van der Waals surface area contributed by atoms with Crippen LogP contribution in [0.5, 0.6) is 5.88 Å². The van der Waals surface area contributed by atoms with Gasteiger partial charge in [-0.3, -0.25) is 4.79 Å². The fourth-order valence-electron chi connectivity index (χ4n) is 6.19. The van der Waals surface area contributed by atoms with Crippen molar-refractivity contribution in [3.8, 4) is 28.7 Å². The molecular weight excluding hydrogens is 585 g/mol. The molecule has 4 aromatic rings. The van der Waals surface area contributed by atoms with Gasteiger partial charge in [-0.15, -0.1) is 0 Å². The maximum absolute atomic E-state index is 13.8. The van der Waals surface area contributed by atoms with Crippen molar-refractivity contribution in [3.63, 3.8) is 0 Å². The van der Waals surface area contributed by atoms with Gasteiger partial charge in [0.1, 0.15) is 28.9 Å². The Labute approximate surface area is 258 Å². The van der Waals surface area contributed by atoms with E-state index >= 15 is 0 Å². The Morgan fingerprint density at radius 2 is 1.80 bits per heavy atom. The molecule has 0 unspecified atom stereocenters. The quantitative estimate of drug-likeness (QED) is 0.231. The van der Waals surface area contributed by atoms with Gasteiger partial charge in [-0.05, 0) is 52.0 Å². The molecule has 0 radical (unpaired) electrons. The van der Waals surface area contributed by atoms with Gasteiger partial charge in [0.2, 0.25) is 5.88 Å². The van der Waals surface area contributed by atoms with Crippen LogP contribution in [0.25, 0.3) is 22.8 Å². The van der Waals surface area contributed by atoms with Crippen LogP contribution in [0.15, 0.2) is 43.0 Å². The second kappa shape index (κ2) is 10.5. The van der Waals surface area contributed by atoms with Crippen molar-refractivity contribution in [3.05, 3.63) is 59.9 Å². The average Bonchev–Trinajstić information content (AvgIpc) is 3.96. The van der Waals surface area contributed by atoms with Gasteiger partial charge >= 0.3 is 6.18 Å². The lowest BCUT2D eigenvalue weighted by Gasteiger charge is -2.42. The van der Waals surface area contributed by atoms with Gasteiger partial charge in [-0.25, -0.2) is 24.9 Å². The number of likely N-dealkylation sites (N-methyl/N-ethyl adjacent to an activating group) is 1. The molecule has 2 aliphatic carbocycles. The predicted molar refractivity (Wildman–Crippen MR) is 161 cm³/mol. The molecule has 1 amide bonds. The molecule has 0 atom stereocenters. The highest BCUT2D eigenvalue weighted by Gasteiger charge is 2.60. The van der Waals surface area contributed by atoms with E-state index in [1.54, 1.807) is 30.3 Å². The van der Waals surface area contributed by atoms with Crippen LogP contribution in [0.3, 0.4) is 0 Å². The first kappa shape index (κ1) is 29.2. The van der Waals surface area contributed by atoms with E-state index in [4.69, 9.17) is 9.72 Å². The predicted octanol–water partition coefficient (Wildman–Crippen LogP) is 6.19. The summed E-state index contributed by atoms with van der Waals surface area (Å²) in [6.45, 7) is 6.42. The number of imidazole rings is 1. The number of nitrogens with zero attached hydrogens (tertiary/aromatic N) is 8. The smallest absolute Gasteiger partial charge is 0.434 e. The summed E-state index contributed by atoms with van der Waals surface area (Å²) in [6, 6.07) is 7.09. The maximum atomic E-state index is 13.8. The molecule has 234 valence electrons. The zero-order valence-electron chi connectivity index (χ0n) is 25.5. The van der Waals surface area contributed by atoms with E-state index in [-0.39, 0.29) is 17.8 Å². The normalized spacial score (nSPS) is 17.3. The van der Waals surface area contributed by atoms with Crippen LogP contribution in [-0.4, -0.2) is 54.6 Å². The van der Waals surface area contributed by atoms with E-state index < -0.39 is 17.4 Å². The molecule has 1 aliphatic heterocycles. The lowest BCUT2D eigenvalue weighted by Crippen LogP contribution is -2.55. The van der Waals surface area contributed by atoms with E-state index in [1.807, 2.05) is 32.9 Å². The molecule has 2 fully saturated rings. The van der Waals surface area contributed by atoms with Crippen molar-refractivity contribution < 1.29 is 22.7 Å². The highest BCUT2D eigenvalue weighted by Crippen LogP contribution is 2.53. The number of alkyl halides is 3. The molecule has 1 aromatic carbocycles. The fraction of sp³-hybridized carbons (Fsp3) is 0.438. The monoisotopic (exact) mass is 618 g/mol. The number of benzene rings is 1. The Kier molecular flexibility index (Phi) is 6.82. The zero-order chi connectivity index (χ0) is 31.7. The minimum atomic E-state index is -4.54. The number of hydrogen-bond acceptors (Lipinski definition) is 8. The molecule has 7 rings (SSSR count). The summed E-state index contributed by atoms with van der Waals surface area (Å²) in [5, 5.41) is 0. The van der Waals surface area contributed by atoms with Gasteiger partial charge in [-0.2, -0.15) is 13.2 Å². The SMILES string of the molecule is CCN1C(=O)C2(CC2)N(Cc2ccc(-c3nc(C(F)(F)F)cn3C(C)C)cc2)c2nc(-c3c(OC)ncnc3C3CC3)ncc21. The van der Waals surface area contributed by atoms with Crippen LogP contribution in [0, 0.1) is 0 Å². The minimum absolute atomic E-state index is 0.0170. The first-order valence-electron chi connectivity index (χ1n) is 15.2. The lowest BCUT2D eigenvalue weighted by atomic mass is 10.0. The zero-order valence-corrected chi connectivity index (χ0v) is 25.5. The van der Waals surface area contributed by atoms with Gasteiger partial charge in [0.05, 0.1) is 19.0 Å². The summed E-state index contributed by atoms with van der Waals surface area (Å²) in [4.78, 5) is 40.2. The van der Waals surface area contributed by atoms with Crippen molar-refractivity contribution in [1.82, 2.24) is 29.5 Å². The molecule has 13 heteroatoms. The van der Waals surface area contributed by atoms with Crippen LogP contribution in [0.2, 0.25) is 0 Å². The molecule has 45 heavy (non-hydrogen) atoms. The fourth-order valence-corrected chi connectivity index (χ4v) is 6.19. The first-order chi connectivity index (χ1) is 21.6. The number of carbonyl (C=O) groups is 1. The highest BCUT2D eigenvalue weighted by molar-refractivity contribution is 6.09. The lowest BCUT2D eigenvalue weighted by molar-refractivity contribution is -0.141. The summed E-state index contributed by atoms with van der Waals surface area (Å²) >= 11 is 0. The number of methoxy groups -OCH3 is 1. The Hall–Kier alpha value is -4.55. The van der Waals surface area contributed by atoms with E-state index in [0.717, 1.165) is 30.3 Å². The molecule has 3 aromatic heterocycles. The van der Waals surface area contributed by atoms with Crippen LogP contribution >= 0.6 is 0 Å². The number of fused-ring (bicyclic) bond motifs is 1. The summed E-state index contributed by atoms with van der Waals surface area (Å²) in [5.74, 6) is 2.05. The van der Waals surface area contributed by atoms with Gasteiger partial charge < -0.3 is 19.1 Å². The maximum Gasteiger partial charge on any atom is 0.434 e. The van der Waals surface area contributed by atoms with Crippen LogP contribution in [0.1, 0.15) is 75.4 Å². The van der Waals surface area contributed by atoms with Crippen molar-refractivity contribution in [1.29, 1.82) is 0 Å². The summed E-state index contributed by atoms with van der Waals surface area (Å²) in [5.41, 5.74) is 1.96. The third-order valence-corrected chi connectivity index (χ3v) is 8.85. The molecule has 0 bridgehead atoms. The molecule has 3 aliphatic rings. The number of anilines is 2. The van der Waals surface area contributed by atoms with Gasteiger partial charge in [0.15, 0.2) is 17.3 Å². The van der Waals surface area contributed by atoms with Gasteiger partial charge in [0.25, 0.3) is 5.91 Å². The molecular formula is C32H33F3N8O2. The Morgan fingerprint density at radius 1 is 1.07 bits per heavy atom. The van der Waals surface area contributed by atoms with E-state index in [0.29, 0.717) is 66.2 Å². The molecule has 0 saturated heterocycles. The second-order valence-corrected chi connectivity index (χ2v) is 12.1. The number of ether oxygens (including phenoxy) is 1. The number of aromatic nitrogens is 6. The third-order valence-electron chi connectivity index (χ3n) is 8.85. The van der Waals surface area contributed by atoms with Crippen molar-refractivity contribution >= 4 is 17.4 Å². The van der Waals surface area contributed by atoms with Crippen LogP contribution in [-0.2, 0) is 17.5 Å². The Balaban J connectivity index is 1.28. The second-order valence-electron chi connectivity index (χ2n) is 12.1. The molecule has 10 nitrogen and oxygen atoms in total. The van der Waals surface area contributed by atoms with Crippen molar-refractivity contribution in [2.45, 2.75) is 76.7 Å². The summed E-state index contributed by atoms with van der Waals surface area (Å²) < 4.78 is 47.6. The standard InChI is InChI=1S/C32H33F3N8O2/c1-5-41-22-14-36-26(24-25(20-10-11-20)37-17-38-29(24)45-4)40-28(22)43(31(12-13-31)30(41)44)15-19-6-8-21(9-7-19)27-39-23(32(33,34)35)16-42(27)18(2)3/h6-9,14,16-18,20H,5,10-13,15H2,1-4H3. The van der Waals surface area contributed by atoms with Gasteiger partial charge in [-0.1, -0.05) is 24.3 Å². The topological polar surface area (TPSA) is 102 Å². The number of hydrogen-bond donors (Lipinski definition) is 0. The van der Waals surface area contributed by atoms with E-state index in [9.17, 15) is 18.0 Å².